The van der Waals surface area contributed by atoms with Gasteiger partial charge in [0.05, 0.1) is 18.6 Å². The van der Waals surface area contributed by atoms with Crippen LogP contribution in [0.3, 0.4) is 0 Å². The normalized spacial score (nSPS) is 13.7. The maximum Gasteiger partial charge on any atom is 0.258 e. The van der Waals surface area contributed by atoms with Gasteiger partial charge in [0.15, 0.2) is 5.03 Å². The van der Waals surface area contributed by atoms with E-state index in [0.717, 1.165) is 11.0 Å². The Balaban J connectivity index is 1.88. The number of hydrogen-bond donors (Lipinski definition) is 2. The summed E-state index contributed by atoms with van der Waals surface area (Å²) >= 11 is 0. The van der Waals surface area contributed by atoms with Gasteiger partial charge in [-0.2, -0.15) is 4.72 Å². The standard InChI is InChI=1S/C13H13N3O3S/c1-9(16-20(17,18)13-7-14-8-15-13)12-6-10-4-2-3-5-11(10)19-12/h2-9,16H,1H3,(H,14,15). The molecular weight excluding hydrogens is 278 g/mol. The van der Waals surface area contributed by atoms with E-state index in [1.807, 2.05) is 30.3 Å². The average Bonchev–Trinajstić information content (AvgIpc) is 3.07. The van der Waals surface area contributed by atoms with Crippen LogP contribution in [0.4, 0.5) is 0 Å². The molecule has 7 heteroatoms. The van der Waals surface area contributed by atoms with Gasteiger partial charge in [-0.15, -0.1) is 0 Å². The molecule has 2 aromatic heterocycles. The third-order valence-electron chi connectivity index (χ3n) is 2.97. The number of furan rings is 1. The zero-order valence-corrected chi connectivity index (χ0v) is 11.5. The molecule has 104 valence electrons. The lowest BCUT2D eigenvalue weighted by atomic mass is 10.2. The van der Waals surface area contributed by atoms with E-state index in [-0.39, 0.29) is 5.03 Å². The summed E-state index contributed by atoms with van der Waals surface area (Å²) < 4.78 is 32.3. The molecule has 1 unspecified atom stereocenters. The van der Waals surface area contributed by atoms with Crippen molar-refractivity contribution in [2.45, 2.75) is 18.0 Å². The molecule has 2 heterocycles. The second-order valence-corrected chi connectivity index (χ2v) is 6.13. The van der Waals surface area contributed by atoms with E-state index in [2.05, 4.69) is 14.7 Å². The van der Waals surface area contributed by atoms with Crippen LogP contribution in [0.25, 0.3) is 11.0 Å². The van der Waals surface area contributed by atoms with Gasteiger partial charge in [0, 0.05) is 5.39 Å². The number of rotatable bonds is 4. The molecule has 3 aromatic rings. The van der Waals surface area contributed by atoms with Crippen molar-refractivity contribution in [3.8, 4) is 0 Å². The number of hydrogen-bond acceptors (Lipinski definition) is 4. The van der Waals surface area contributed by atoms with Crippen LogP contribution < -0.4 is 4.72 Å². The molecule has 3 rings (SSSR count). The van der Waals surface area contributed by atoms with E-state index in [1.54, 1.807) is 6.92 Å². The lowest BCUT2D eigenvalue weighted by Gasteiger charge is -2.10. The van der Waals surface area contributed by atoms with Gasteiger partial charge in [-0.1, -0.05) is 18.2 Å². The zero-order chi connectivity index (χ0) is 14.2. The third kappa shape index (κ3) is 2.33. The van der Waals surface area contributed by atoms with Crippen molar-refractivity contribution in [1.82, 2.24) is 14.7 Å². The molecule has 0 aliphatic carbocycles. The predicted octanol–water partition coefficient (Wildman–Crippen LogP) is 2.20. The number of H-pyrrole nitrogens is 1. The summed E-state index contributed by atoms with van der Waals surface area (Å²) in [5.74, 6) is 0.564. The Morgan fingerprint density at radius 2 is 2.15 bits per heavy atom. The SMILES string of the molecule is CC(NS(=O)(=O)c1cnc[nH]1)c1cc2ccccc2o1. The molecule has 0 radical (unpaired) electrons. The molecular formula is C13H13N3O3S. The fourth-order valence-electron chi connectivity index (χ4n) is 1.96. The summed E-state index contributed by atoms with van der Waals surface area (Å²) in [4.78, 5) is 6.27. The number of para-hydroxylation sites is 1. The molecule has 1 atom stereocenters. The van der Waals surface area contributed by atoms with Gasteiger partial charge in [-0.3, -0.25) is 0 Å². The lowest BCUT2D eigenvalue weighted by Crippen LogP contribution is -2.26. The largest absolute Gasteiger partial charge is 0.459 e. The van der Waals surface area contributed by atoms with Crippen LogP contribution in [0, 0.1) is 0 Å². The van der Waals surface area contributed by atoms with E-state index >= 15 is 0 Å². The Hall–Kier alpha value is -2.12. The third-order valence-corrected chi connectivity index (χ3v) is 4.43. The molecule has 1 aromatic carbocycles. The van der Waals surface area contributed by atoms with Crippen molar-refractivity contribution in [3.05, 3.63) is 48.6 Å². The van der Waals surface area contributed by atoms with Crippen LogP contribution in [0.5, 0.6) is 0 Å². The van der Waals surface area contributed by atoms with Crippen molar-refractivity contribution >= 4 is 21.0 Å². The maximum atomic E-state index is 12.1. The highest BCUT2D eigenvalue weighted by atomic mass is 32.2. The van der Waals surface area contributed by atoms with Gasteiger partial charge in [0.1, 0.15) is 11.3 Å². The van der Waals surface area contributed by atoms with Crippen LogP contribution >= 0.6 is 0 Å². The topological polar surface area (TPSA) is 88.0 Å². The van der Waals surface area contributed by atoms with Gasteiger partial charge in [0.25, 0.3) is 10.0 Å². The number of nitrogens with zero attached hydrogens (tertiary/aromatic N) is 1. The molecule has 2 N–H and O–H groups in total. The van der Waals surface area contributed by atoms with Gasteiger partial charge >= 0.3 is 0 Å². The number of nitrogens with one attached hydrogen (secondary N) is 2. The lowest BCUT2D eigenvalue weighted by molar-refractivity contribution is 0.484. The van der Waals surface area contributed by atoms with Crippen molar-refractivity contribution in [2.75, 3.05) is 0 Å². The minimum Gasteiger partial charge on any atom is -0.459 e. The van der Waals surface area contributed by atoms with Crippen molar-refractivity contribution < 1.29 is 12.8 Å². The van der Waals surface area contributed by atoms with Crippen molar-refractivity contribution in [3.63, 3.8) is 0 Å². The molecule has 0 saturated carbocycles. The van der Waals surface area contributed by atoms with Crippen LogP contribution in [0.1, 0.15) is 18.7 Å². The molecule has 0 bridgehead atoms. The molecule has 0 aliphatic heterocycles. The number of sulfonamides is 1. The molecule has 0 fully saturated rings. The van der Waals surface area contributed by atoms with Crippen LogP contribution in [-0.2, 0) is 10.0 Å². The van der Waals surface area contributed by atoms with Crippen LogP contribution in [0.2, 0.25) is 0 Å². The number of aromatic nitrogens is 2. The fraction of sp³-hybridized carbons (Fsp3) is 0.154. The van der Waals surface area contributed by atoms with Crippen LogP contribution in [0.15, 0.2) is 52.3 Å². The quantitative estimate of drug-likeness (QED) is 0.771. The number of imidazole rings is 1. The number of fused-ring (bicyclic) bond motifs is 1. The first kappa shape index (κ1) is 12.9. The summed E-state index contributed by atoms with van der Waals surface area (Å²) in [5, 5.41) is 0.968. The first-order chi connectivity index (χ1) is 9.56. The fourth-order valence-corrected chi connectivity index (χ4v) is 3.08. The van der Waals surface area contributed by atoms with E-state index in [9.17, 15) is 8.42 Å². The Labute approximate surface area is 115 Å². The van der Waals surface area contributed by atoms with Crippen molar-refractivity contribution in [1.29, 1.82) is 0 Å². The Morgan fingerprint density at radius 1 is 1.35 bits per heavy atom. The minimum atomic E-state index is -3.63. The van der Waals surface area contributed by atoms with Gasteiger partial charge in [-0.05, 0) is 19.1 Å². The Bertz CT molecular complexity index is 789. The molecule has 6 nitrogen and oxygen atoms in total. The maximum absolute atomic E-state index is 12.1. The predicted molar refractivity (Wildman–Crippen MR) is 73.5 cm³/mol. The highest BCUT2D eigenvalue weighted by Crippen LogP contribution is 2.24. The molecule has 0 aliphatic rings. The number of aromatic amines is 1. The smallest absolute Gasteiger partial charge is 0.258 e. The summed E-state index contributed by atoms with van der Waals surface area (Å²) in [6.45, 7) is 1.73. The first-order valence-corrected chi connectivity index (χ1v) is 7.54. The van der Waals surface area contributed by atoms with E-state index < -0.39 is 16.1 Å². The highest BCUT2D eigenvalue weighted by molar-refractivity contribution is 7.89. The highest BCUT2D eigenvalue weighted by Gasteiger charge is 2.21. The first-order valence-electron chi connectivity index (χ1n) is 6.05. The van der Waals surface area contributed by atoms with E-state index in [0.29, 0.717) is 5.76 Å². The van der Waals surface area contributed by atoms with Gasteiger partial charge in [-0.25, -0.2) is 13.4 Å². The van der Waals surface area contributed by atoms with Crippen molar-refractivity contribution in [2.24, 2.45) is 0 Å². The van der Waals surface area contributed by atoms with E-state index in [1.165, 1.54) is 12.5 Å². The molecule has 0 spiro atoms. The molecule has 0 amide bonds. The summed E-state index contributed by atoms with van der Waals surface area (Å²) in [7, 11) is -3.63. The van der Waals surface area contributed by atoms with Crippen LogP contribution in [-0.4, -0.2) is 18.4 Å². The second kappa shape index (κ2) is 4.77. The average molecular weight is 291 g/mol. The summed E-state index contributed by atoms with van der Waals surface area (Å²) in [6, 6.07) is 8.88. The van der Waals surface area contributed by atoms with Gasteiger partial charge in [0.2, 0.25) is 0 Å². The summed E-state index contributed by atoms with van der Waals surface area (Å²) in [6.07, 6.45) is 2.58. The molecule has 0 saturated heterocycles. The van der Waals surface area contributed by atoms with E-state index in [4.69, 9.17) is 4.42 Å². The monoisotopic (exact) mass is 291 g/mol. The summed E-state index contributed by atoms with van der Waals surface area (Å²) in [5.41, 5.74) is 0.732. The Morgan fingerprint density at radius 3 is 2.85 bits per heavy atom. The number of benzene rings is 1. The minimum absolute atomic E-state index is 0.0282. The molecule has 20 heavy (non-hydrogen) atoms. The van der Waals surface area contributed by atoms with Gasteiger partial charge < -0.3 is 9.40 Å². The Kier molecular flexibility index (Phi) is 3.07. The zero-order valence-electron chi connectivity index (χ0n) is 10.7. The second-order valence-electron chi connectivity index (χ2n) is 4.45.